The molecule has 0 aliphatic carbocycles. The zero-order chi connectivity index (χ0) is 21.8. The second-order valence-corrected chi connectivity index (χ2v) is 9.50. The van der Waals surface area contributed by atoms with Crippen LogP contribution >= 0.6 is 15.9 Å². The number of carbonyl (C=O) groups excluding carboxylic acids is 2. The Balaban J connectivity index is 2.48. The van der Waals surface area contributed by atoms with Crippen molar-refractivity contribution in [2.45, 2.75) is 60.4 Å². The molecule has 0 bridgehead atoms. The highest BCUT2D eigenvalue weighted by molar-refractivity contribution is 9.10. The number of nitrogens with zero attached hydrogens (tertiary/aromatic N) is 1. The normalized spacial score (nSPS) is 12.4. The van der Waals surface area contributed by atoms with Crippen LogP contribution in [0.4, 0.5) is 0 Å². The van der Waals surface area contributed by atoms with Gasteiger partial charge in [0.15, 0.2) is 0 Å². The molecule has 0 saturated heterocycles. The molecular formula is C24H31BrN2O2. The van der Waals surface area contributed by atoms with E-state index in [0.29, 0.717) is 15.6 Å². The van der Waals surface area contributed by atoms with Gasteiger partial charge in [0.2, 0.25) is 0 Å². The van der Waals surface area contributed by atoms with Crippen molar-refractivity contribution >= 4 is 27.7 Å². The quantitative estimate of drug-likeness (QED) is 0.552. The van der Waals surface area contributed by atoms with Crippen molar-refractivity contribution in [3.8, 4) is 0 Å². The lowest BCUT2D eigenvalue weighted by atomic mass is 9.83. The molecule has 0 aliphatic rings. The van der Waals surface area contributed by atoms with Gasteiger partial charge in [-0.15, -0.1) is 0 Å². The van der Waals surface area contributed by atoms with Crippen LogP contribution in [-0.4, -0.2) is 22.9 Å². The van der Waals surface area contributed by atoms with E-state index in [1.165, 1.54) is 0 Å². The smallest absolute Gasteiger partial charge is 0.267 e. The summed E-state index contributed by atoms with van der Waals surface area (Å²) in [6.07, 6.45) is 1.69. The van der Waals surface area contributed by atoms with Gasteiger partial charge >= 0.3 is 0 Å². The number of amides is 2. The molecule has 2 aromatic carbocycles. The van der Waals surface area contributed by atoms with Gasteiger partial charge in [0.25, 0.3) is 11.8 Å². The van der Waals surface area contributed by atoms with Gasteiger partial charge in [-0.2, -0.15) is 0 Å². The summed E-state index contributed by atoms with van der Waals surface area (Å²) in [5.74, 6) is -0.494. The fourth-order valence-corrected chi connectivity index (χ4v) is 4.01. The predicted molar refractivity (Wildman–Crippen MR) is 122 cm³/mol. The molecule has 0 saturated carbocycles. The van der Waals surface area contributed by atoms with Gasteiger partial charge in [0.05, 0.1) is 11.6 Å². The molecule has 5 heteroatoms. The average Bonchev–Trinajstić information content (AvgIpc) is 2.62. The maximum Gasteiger partial charge on any atom is 0.272 e. The van der Waals surface area contributed by atoms with Crippen molar-refractivity contribution in [2.24, 2.45) is 5.41 Å². The highest BCUT2D eigenvalue weighted by atomic mass is 79.9. The lowest BCUT2D eigenvalue weighted by Gasteiger charge is -2.40. The lowest BCUT2D eigenvalue weighted by molar-refractivity contribution is 0.0270. The van der Waals surface area contributed by atoms with E-state index in [1.54, 1.807) is 11.1 Å². The third-order valence-corrected chi connectivity index (χ3v) is 5.59. The Morgan fingerprint density at radius 3 is 2.17 bits per heavy atom. The van der Waals surface area contributed by atoms with Gasteiger partial charge in [-0.25, -0.2) is 5.01 Å². The summed E-state index contributed by atoms with van der Waals surface area (Å²) in [6, 6.07) is 12.9. The first-order chi connectivity index (χ1) is 13.5. The van der Waals surface area contributed by atoms with Crippen molar-refractivity contribution in [3.63, 3.8) is 0 Å². The molecule has 2 rings (SSSR count). The van der Waals surface area contributed by atoms with Crippen LogP contribution < -0.4 is 5.43 Å². The van der Waals surface area contributed by atoms with Gasteiger partial charge in [0.1, 0.15) is 0 Å². The molecule has 0 unspecified atom stereocenters. The lowest BCUT2D eigenvalue weighted by Crippen LogP contribution is -2.56. The first-order valence-electron chi connectivity index (χ1n) is 10.0. The molecule has 0 aliphatic heterocycles. The minimum absolute atomic E-state index is 0.146. The summed E-state index contributed by atoms with van der Waals surface area (Å²) in [5.41, 5.74) is 5.84. The third-order valence-electron chi connectivity index (χ3n) is 4.90. The van der Waals surface area contributed by atoms with Crippen LogP contribution in [0.2, 0.25) is 0 Å². The number of hydrogen-bond donors (Lipinski definition) is 1. The molecule has 0 aromatic heterocycles. The highest BCUT2D eigenvalue weighted by Crippen LogP contribution is 2.29. The van der Waals surface area contributed by atoms with Gasteiger partial charge in [-0.3, -0.25) is 15.0 Å². The summed E-state index contributed by atoms with van der Waals surface area (Å²) in [4.78, 5) is 26.6. The van der Waals surface area contributed by atoms with Gasteiger partial charge in [-0.1, -0.05) is 63.4 Å². The number of nitrogens with one attached hydrogen (secondary N) is 1. The molecule has 4 nitrogen and oxygen atoms in total. The zero-order valence-corrected chi connectivity index (χ0v) is 19.8. The molecule has 1 atom stereocenters. The Morgan fingerprint density at radius 2 is 1.66 bits per heavy atom. The zero-order valence-electron chi connectivity index (χ0n) is 18.2. The van der Waals surface area contributed by atoms with E-state index in [0.717, 1.165) is 24.0 Å². The first-order valence-corrected chi connectivity index (χ1v) is 10.8. The fourth-order valence-electron chi connectivity index (χ4n) is 3.55. The monoisotopic (exact) mass is 458 g/mol. The minimum Gasteiger partial charge on any atom is -0.267 e. The second kappa shape index (κ2) is 9.57. The molecule has 29 heavy (non-hydrogen) atoms. The molecule has 0 spiro atoms. The van der Waals surface area contributed by atoms with E-state index in [2.05, 4.69) is 49.1 Å². The van der Waals surface area contributed by atoms with Crippen molar-refractivity contribution in [1.29, 1.82) is 0 Å². The van der Waals surface area contributed by atoms with Crippen molar-refractivity contribution < 1.29 is 9.59 Å². The number of hydrogen-bond acceptors (Lipinski definition) is 2. The maximum absolute atomic E-state index is 13.6. The molecule has 0 fully saturated rings. The Bertz CT molecular complexity index is 866. The van der Waals surface area contributed by atoms with E-state index in [-0.39, 0.29) is 23.3 Å². The van der Waals surface area contributed by atoms with Crippen LogP contribution in [0.25, 0.3) is 0 Å². The van der Waals surface area contributed by atoms with Crippen molar-refractivity contribution in [3.05, 3.63) is 69.2 Å². The van der Waals surface area contributed by atoms with Crippen LogP contribution in [0.1, 0.15) is 72.4 Å². The Labute approximate surface area is 182 Å². The van der Waals surface area contributed by atoms with Gasteiger partial charge < -0.3 is 0 Å². The van der Waals surface area contributed by atoms with E-state index in [9.17, 15) is 9.59 Å². The summed E-state index contributed by atoms with van der Waals surface area (Å²) < 4.78 is 0.694. The van der Waals surface area contributed by atoms with Crippen LogP contribution in [0.5, 0.6) is 0 Å². The van der Waals surface area contributed by atoms with Crippen LogP contribution in [0, 0.1) is 19.3 Å². The summed E-state index contributed by atoms with van der Waals surface area (Å²) in [7, 11) is 0. The molecule has 2 aromatic rings. The van der Waals surface area contributed by atoms with E-state index in [4.69, 9.17) is 0 Å². The Hall–Kier alpha value is -2.14. The Morgan fingerprint density at radius 1 is 1.07 bits per heavy atom. The summed E-state index contributed by atoms with van der Waals surface area (Å²) in [6.45, 7) is 12.3. The average molecular weight is 459 g/mol. The number of carbonyl (C=O) groups is 2. The summed E-state index contributed by atoms with van der Waals surface area (Å²) >= 11 is 3.43. The van der Waals surface area contributed by atoms with Crippen LogP contribution in [0.15, 0.2) is 46.9 Å². The molecular weight excluding hydrogens is 428 g/mol. The van der Waals surface area contributed by atoms with E-state index >= 15 is 0 Å². The first kappa shape index (κ1) is 23.1. The maximum atomic E-state index is 13.6. The predicted octanol–water partition coefficient (Wildman–Crippen LogP) is 6.07. The number of aryl methyl sites for hydroxylation is 2. The second-order valence-electron chi connectivity index (χ2n) is 8.64. The number of rotatable bonds is 5. The SMILES string of the molecule is CCC[C@@H](N(NC(=O)c1ccccc1Br)C(=O)c1cc(C)cc(C)c1)C(C)(C)C. The number of hydrazine groups is 1. The van der Waals surface area contributed by atoms with Gasteiger partial charge in [0, 0.05) is 10.0 Å². The molecule has 1 N–H and O–H groups in total. The molecule has 0 heterocycles. The number of halogens is 1. The third kappa shape index (κ3) is 5.92. The molecule has 156 valence electrons. The van der Waals surface area contributed by atoms with Crippen molar-refractivity contribution in [1.82, 2.24) is 10.4 Å². The highest BCUT2D eigenvalue weighted by Gasteiger charge is 2.35. The van der Waals surface area contributed by atoms with Crippen LogP contribution in [0.3, 0.4) is 0 Å². The van der Waals surface area contributed by atoms with Crippen LogP contribution in [-0.2, 0) is 0 Å². The minimum atomic E-state index is -0.305. The summed E-state index contributed by atoms with van der Waals surface area (Å²) in [5, 5.41) is 1.54. The van der Waals surface area contributed by atoms with Crippen molar-refractivity contribution in [2.75, 3.05) is 0 Å². The Kier molecular flexibility index (Phi) is 7.64. The molecule has 0 radical (unpaired) electrons. The van der Waals surface area contributed by atoms with Gasteiger partial charge in [-0.05, 0) is 65.9 Å². The largest absolute Gasteiger partial charge is 0.272 e. The molecule has 2 amide bonds. The van der Waals surface area contributed by atoms with E-state index in [1.807, 2.05) is 50.2 Å². The topological polar surface area (TPSA) is 49.4 Å². The fraction of sp³-hybridized carbons (Fsp3) is 0.417. The standard InChI is InChI=1S/C24H31BrN2O2/c1-7-10-21(24(4,5)6)27(23(29)18-14-16(2)13-17(3)15-18)26-22(28)19-11-8-9-12-20(19)25/h8-9,11-15,21H,7,10H2,1-6H3,(H,26,28)/t21-/m1/s1. The number of benzene rings is 2. The van der Waals surface area contributed by atoms with E-state index < -0.39 is 0 Å².